The highest BCUT2D eigenvalue weighted by Crippen LogP contribution is 2.31. The van der Waals surface area contributed by atoms with Gasteiger partial charge in [0, 0.05) is 30.8 Å². The van der Waals surface area contributed by atoms with Gasteiger partial charge in [-0.1, -0.05) is 25.1 Å². The first kappa shape index (κ1) is 21.5. The zero-order chi connectivity index (χ0) is 21.5. The molecule has 1 heterocycles. The number of nitrogens with one attached hydrogen (secondary N) is 2. The predicted molar refractivity (Wildman–Crippen MR) is 117 cm³/mol. The summed E-state index contributed by atoms with van der Waals surface area (Å²) in [6.45, 7) is 3.20. The first-order valence-electron chi connectivity index (χ1n) is 10.2. The molecule has 1 aliphatic heterocycles. The van der Waals surface area contributed by atoms with Crippen LogP contribution in [0.25, 0.3) is 0 Å². The molecule has 1 saturated heterocycles. The second-order valence-electron chi connectivity index (χ2n) is 7.46. The van der Waals surface area contributed by atoms with Gasteiger partial charge < -0.3 is 25.0 Å². The Morgan fingerprint density at radius 3 is 2.33 bits per heavy atom. The molecule has 1 atom stereocenters. The number of carbonyl (C=O) groups excluding carboxylic acids is 2. The van der Waals surface area contributed by atoms with E-state index in [1.165, 1.54) is 0 Å². The molecule has 0 saturated carbocycles. The van der Waals surface area contributed by atoms with Crippen molar-refractivity contribution in [2.45, 2.75) is 19.8 Å². The maximum atomic E-state index is 12.8. The van der Waals surface area contributed by atoms with Crippen LogP contribution in [0.3, 0.4) is 0 Å². The van der Waals surface area contributed by atoms with Crippen LogP contribution in [0.15, 0.2) is 48.5 Å². The Labute approximate surface area is 177 Å². The number of anilines is 2. The van der Waals surface area contributed by atoms with Gasteiger partial charge in [-0.2, -0.15) is 0 Å². The second-order valence-corrected chi connectivity index (χ2v) is 7.46. The lowest BCUT2D eigenvalue weighted by atomic mass is 9.85. The quantitative estimate of drug-likeness (QED) is 0.746. The Balaban J connectivity index is 1.53. The Hall–Kier alpha value is -3.22. The zero-order valence-corrected chi connectivity index (χ0v) is 17.7. The normalized spacial score (nSPS) is 15.2. The van der Waals surface area contributed by atoms with Gasteiger partial charge in [0.2, 0.25) is 5.91 Å². The number of para-hydroxylation sites is 1. The van der Waals surface area contributed by atoms with Crippen molar-refractivity contribution in [3.05, 3.63) is 48.5 Å². The van der Waals surface area contributed by atoms with Crippen molar-refractivity contribution < 1.29 is 19.1 Å². The van der Waals surface area contributed by atoms with Gasteiger partial charge in [-0.3, -0.25) is 4.79 Å². The molecule has 2 aromatic rings. The van der Waals surface area contributed by atoms with E-state index < -0.39 is 0 Å². The molecule has 160 valence electrons. The van der Waals surface area contributed by atoms with Gasteiger partial charge in [0.25, 0.3) is 0 Å². The summed E-state index contributed by atoms with van der Waals surface area (Å²) in [5, 5.41) is 5.88. The number of amides is 3. The Kier molecular flexibility index (Phi) is 7.17. The fourth-order valence-corrected chi connectivity index (χ4v) is 3.69. The van der Waals surface area contributed by atoms with Crippen LogP contribution >= 0.6 is 0 Å². The Morgan fingerprint density at radius 2 is 1.70 bits per heavy atom. The molecule has 0 aromatic heterocycles. The topological polar surface area (TPSA) is 79.9 Å². The van der Waals surface area contributed by atoms with Gasteiger partial charge in [-0.25, -0.2) is 4.79 Å². The molecule has 0 bridgehead atoms. The number of nitrogens with zero attached hydrogens (tertiary/aromatic N) is 1. The predicted octanol–water partition coefficient (Wildman–Crippen LogP) is 4.22. The molecule has 7 nitrogen and oxygen atoms in total. The Morgan fingerprint density at radius 1 is 1.00 bits per heavy atom. The van der Waals surface area contributed by atoms with E-state index in [0.717, 1.165) is 18.5 Å². The van der Waals surface area contributed by atoms with Gasteiger partial charge in [-0.05, 0) is 43.0 Å². The summed E-state index contributed by atoms with van der Waals surface area (Å²) in [4.78, 5) is 27.1. The smallest absolute Gasteiger partial charge is 0.321 e. The molecule has 30 heavy (non-hydrogen) atoms. The van der Waals surface area contributed by atoms with Crippen molar-refractivity contribution in [1.82, 2.24) is 4.90 Å². The SMILES string of the molecule is COc1ccc(NC(=O)[C@@H](C)C2CCN(C(=O)Nc3ccccc3)CC2)c(OC)c1. The first-order valence-corrected chi connectivity index (χ1v) is 10.2. The van der Waals surface area contributed by atoms with E-state index in [9.17, 15) is 9.59 Å². The van der Waals surface area contributed by atoms with Gasteiger partial charge >= 0.3 is 6.03 Å². The number of likely N-dealkylation sites (tertiary alicyclic amines) is 1. The number of methoxy groups -OCH3 is 2. The monoisotopic (exact) mass is 411 g/mol. The van der Waals surface area contributed by atoms with Crippen LogP contribution in [0, 0.1) is 11.8 Å². The number of piperidine rings is 1. The highest BCUT2D eigenvalue weighted by molar-refractivity contribution is 5.94. The van der Waals surface area contributed by atoms with Gasteiger partial charge in [-0.15, -0.1) is 0 Å². The fourth-order valence-electron chi connectivity index (χ4n) is 3.69. The Bertz CT molecular complexity index is 864. The number of hydrogen-bond acceptors (Lipinski definition) is 4. The summed E-state index contributed by atoms with van der Waals surface area (Å²) in [6, 6.07) is 14.6. The zero-order valence-electron chi connectivity index (χ0n) is 17.7. The molecule has 2 N–H and O–H groups in total. The van der Waals surface area contributed by atoms with Crippen molar-refractivity contribution in [2.75, 3.05) is 37.9 Å². The van der Waals surface area contributed by atoms with Crippen LogP contribution in [0.1, 0.15) is 19.8 Å². The van der Waals surface area contributed by atoms with E-state index in [0.29, 0.717) is 30.3 Å². The largest absolute Gasteiger partial charge is 0.497 e. The number of benzene rings is 2. The van der Waals surface area contributed by atoms with Gasteiger partial charge in [0.05, 0.1) is 19.9 Å². The molecule has 0 spiro atoms. The highest BCUT2D eigenvalue weighted by Gasteiger charge is 2.30. The van der Waals surface area contributed by atoms with E-state index in [-0.39, 0.29) is 23.8 Å². The van der Waals surface area contributed by atoms with Crippen molar-refractivity contribution >= 4 is 23.3 Å². The van der Waals surface area contributed by atoms with E-state index in [1.807, 2.05) is 37.3 Å². The molecule has 3 rings (SSSR count). The van der Waals surface area contributed by atoms with E-state index in [2.05, 4.69) is 10.6 Å². The third kappa shape index (κ3) is 5.23. The maximum Gasteiger partial charge on any atom is 0.321 e. The van der Waals surface area contributed by atoms with Crippen molar-refractivity contribution in [3.63, 3.8) is 0 Å². The van der Waals surface area contributed by atoms with Crippen LogP contribution < -0.4 is 20.1 Å². The number of hydrogen-bond donors (Lipinski definition) is 2. The van der Waals surface area contributed by atoms with E-state index in [1.54, 1.807) is 37.3 Å². The average Bonchev–Trinajstić information content (AvgIpc) is 2.79. The average molecular weight is 412 g/mol. The van der Waals surface area contributed by atoms with Crippen LogP contribution in [0.2, 0.25) is 0 Å². The number of carbonyl (C=O) groups is 2. The van der Waals surface area contributed by atoms with E-state index in [4.69, 9.17) is 9.47 Å². The fraction of sp³-hybridized carbons (Fsp3) is 0.391. The molecule has 2 aromatic carbocycles. The minimum atomic E-state index is -0.170. The molecule has 3 amide bonds. The van der Waals surface area contributed by atoms with Crippen molar-refractivity contribution in [2.24, 2.45) is 11.8 Å². The molecular formula is C23H29N3O4. The molecule has 0 unspecified atom stereocenters. The van der Waals surface area contributed by atoms with Crippen LogP contribution in [0.5, 0.6) is 11.5 Å². The minimum absolute atomic E-state index is 0.0503. The molecular weight excluding hydrogens is 382 g/mol. The summed E-state index contributed by atoms with van der Waals surface area (Å²) in [6.07, 6.45) is 1.58. The van der Waals surface area contributed by atoms with Gasteiger partial charge in [0.15, 0.2) is 0 Å². The lowest BCUT2D eigenvalue weighted by molar-refractivity contribution is -0.121. The van der Waals surface area contributed by atoms with Crippen LogP contribution in [-0.4, -0.2) is 44.1 Å². The molecule has 7 heteroatoms. The maximum absolute atomic E-state index is 12.8. The minimum Gasteiger partial charge on any atom is -0.497 e. The lowest BCUT2D eigenvalue weighted by Crippen LogP contribution is -2.43. The summed E-state index contributed by atoms with van der Waals surface area (Å²) < 4.78 is 10.6. The highest BCUT2D eigenvalue weighted by atomic mass is 16.5. The third-order valence-corrected chi connectivity index (χ3v) is 5.64. The lowest BCUT2D eigenvalue weighted by Gasteiger charge is -2.34. The van der Waals surface area contributed by atoms with Crippen molar-refractivity contribution in [1.29, 1.82) is 0 Å². The number of urea groups is 1. The standard InChI is InChI=1S/C23H29N3O4/c1-16(22(27)25-20-10-9-19(29-2)15-21(20)30-3)17-11-13-26(14-12-17)23(28)24-18-7-5-4-6-8-18/h4-10,15-17H,11-14H2,1-3H3,(H,24,28)(H,25,27)/t16-/m0/s1. The van der Waals surface area contributed by atoms with Crippen LogP contribution in [-0.2, 0) is 4.79 Å². The molecule has 0 aliphatic carbocycles. The molecule has 1 aliphatic rings. The number of rotatable bonds is 6. The second kappa shape index (κ2) is 10.0. The summed E-state index contributed by atoms with van der Waals surface area (Å²) >= 11 is 0. The summed E-state index contributed by atoms with van der Waals surface area (Å²) in [5.41, 5.74) is 1.40. The molecule has 0 radical (unpaired) electrons. The van der Waals surface area contributed by atoms with Crippen LogP contribution in [0.4, 0.5) is 16.2 Å². The molecule has 1 fully saturated rings. The number of ether oxygens (including phenoxy) is 2. The third-order valence-electron chi connectivity index (χ3n) is 5.64. The first-order chi connectivity index (χ1) is 14.5. The summed E-state index contributed by atoms with van der Waals surface area (Å²) in [5.74, 6) is 1.22. The van der Waals surface area contributed by atoms with E-state index >= 15 is 0 Å². The van der Waals surface area contributed by atoms with Gasteiger partial charge in [0.1, 0.15) is 11.5 Å². The summed E-state index contributed by atoms with van der Waals surface area (Å²) in [7, 11) is 3.14. The van der Waals surface area contributed by atoms with Crippen molar-refractivity contribution in [3.8, 4) is 11.5 Å².